The molecule has 19 heavy (non-hydrogen) atoms. The van der Waals surface area contributed by atoms with Crippen molar-refractivity contribution in [1.29, 1.82) is 0 Å². The van der Waals surface area contributed by atoms with Crippen LogP contribution in [0.5, 0.6) is 11.5 Å². The van der Waals surface area contributed by atoms with Gasteiger partial charge in [-0.1, -0.05) is 11.6 Å². The number of halogens is 1. The topological polar surface area (TPSA) is 103 Å². The molecule has 0 atom stereocenters. The van der Waals surface area contributed by atoms with Crippen molar-refractivity contribution in [2.24, 2.45) is 10.8 Å². The van der Waals surface area contributed by atoms with E-state index in [9.17, 15) is 9.59 Å². The molecule has 7 nitrogen and oxygen atoms in total. The van der Waals surface area contributed by atoms with Gasteiger partial charge in [0.05, 0.1) is 18.3 Å². The van der Waals surface area contributed by atoms with E-state index in [0.717, 1.165) is 0 Å². The second-order valence-electron chi connectivity index (χ2n) is 3.36. The minimum Gasteiger partial charge on any atom is -0.493 e. The van der Waals surface area contributed by atoms with Gasteiger partial charge in [0.1, 0.15) is 0 Å². The third-order valence-electron chi connectivity index (χ3n) is 1.89. The maximum absolute atomic E-state index is 10.9. The van der Waals surface area contributed by atoms with Crippen molar-refractivity contribution in [1.82, 2.24) is 5.43 Å². The predicted molar refractivity (Wildman–Crippen MR) is 69.6 cm³/mol. The second-order valence-corrected chi connectivity index (χ2v) is 3.77. The molecular formula is C11H12ClN3O4. The maximum Gasteiger partial charge on any atom is 0.332 e. The summed E-state index contributed by atoms with van der Waals surface area (Å²) in [6, 6.07) is 2.25. The van der Waals surface area contributed by atoms with Gasteiger partial charge >= 0.3 is 12.0 Å². The molecule has 0 aliphatic rings. The van der Waals surface area contributed by atoms with E-state index < -0.39 is 12.0 Å². The Morgan fingerprint density at radius 3 is 2.68 bits per heavy atom. The molecular weight excluding hydrogens is 274 g/mol. The number of hydrazone groups is 1. The number of ether oxygens (including phenoxy) is 2. The van der Waals surface area contributed by atoms with Crippen molar-refractivity contribution in [2.75, 3.05) is 7.11 Å². The summed E-state index contributed by atoms with van der Waals surface area (Å²) in [5, 5.41) is 3.75. The number of primary amides is 1. The highest BCUT2D eigenvalue weighted by Crippen LogP contribution is 2.36. The quantitative estimate of drug-likeness (QED) is 0.376. The number of nitrogens with zero attached hydrogens (tertiary/aromatic N) is 1. The first-order chi connectivity index (χ1) is 8.93. The molecule has 0 saturated heterocycles. The standard InChI is InChI=1S/C11H12ClN3O4/c1-6(16)19-10-8(12)3-7(4-9(10)18-2)5-14-15-11(13)17/h3-5H,1-2H3,(H3,13,15,17)/b14-5+. The number of carbonyl (C=O) groups is 2. The van der Waals surface area contributed by atoms with Crippen LogP contribution in [0.2, 0.25) is 5.02 Å². The van der Waals surface area contributed by atoms with Crippen molar-refractivity contribution in [2.45, 2.75) is 6.92 Å². The van der Waals surface area contributed by atoms with E-state index >= 15 is 0 Å². The summed E-state index contributed by atoms with van der Waals surface area (Å²) >= 11 is 5.97. The van der Waals surface area contributed by atoms with Crippen LogP contribution < -0.4 is 20.6 Å². The van der Waals surface area contributed by atoms with E-state index in [1.807, 2.05) is 5.43 Å². The lowest BCUT2D eigenvalue weighted by molar-refractivity contribution is -0.132. The Bertz CT molecular complexity index is 531. The smallest absolute Gasteiger partial charge is 0.332 e. The summed E-state index contributed by atoms with van der Waals surface area (Å²) < 4.78 is 9.99. The number of esters is 1. The van der Waals surface area contributed by atoms with Crippen molar-refractivity contribution >= 4 is 29.8 Å². The van der Waals surface area contributed by atoms with Crippen LogP contribution >= 0.6 is 11.6 Å². The van der Waals surface area contributed by atoms with E-state index in [2.05, 4.69) is 5.10 Å². The van der Waals surface area contributed by atoms with Gasteiger partial charge in [-0.2, -0.15) is 5.10 Å². The van der Waals surface area contributed by atoms with Crippen molar-refractivity contribution in [3.63, 3.8) is 0 Å². The zero-order valence-electron chi connectivity index (χ0n) is 10.3. The molecule has 0 aliphatic carbocycles. The third kappa shape index (κ3) is 4.47. The van der Waals surface area contributed by atoms with Crippen molar-refractivity contribution in [3.8, 4) is 11.5 Å². The molecule has 102 valence electrons. The van der Waals surface area contributed by atoms with E-state index in [1.165, 1.54) is 32.4 Å². The number of urea groups is 1. The SMILES string of the molecule is COc1cc(/C=N/NC(N)=O)cc(Cl)c1OC(C)=O. The molecule has 1 aromatic carbocycles. The molecule has 0 aromatic heterocycles. The Morgan fingerprint density at radius 1 is 1.47 bits per heavy atom. The Morgan fingerprint density at radius 2 is 2.16 bits per heavy atom. The molecule has 0 bridgehead atoms. The summed E-state index contributed by atoms with van der Waals surface area (Å²) in [7, 11) is 1.40. The van der Waals surface area contributed by atoms with Gasteiger partial charge in [0.25, 0.3) is 0 Å². The molecule has 3 N–H and O–H groups in total. The maximum atomic E-state index is 10.9. The Balaban J connectivity index is 3.05. The highest BCUT2D eigenvalue weighted by molar-refractivity contribution is 6.32. The van der Waals surface area contributed by atoms with Gasteiger partial charge in [0.2, 0.25) is 0 Å². The van der Waals surface area contributed by atoms with Gasteiger partial charge in [-0.05, 0) is 17.7 Å². The number of methoxy groups -OCH3 is 1. The second kappa shape index (κ2) is 6.60. The number of hydrogen-bond acceptors (Lipinski definition) is 5. The number of nitrogens with two attached hydrogens (primary N) is 1. The monoisotopic (exact) mass is 285 g/mol. The lowest BCUT2D eigenvalue weighted by Crippen LogP contribution is -2.24. The van der Waals surface area contributed by atoms with Crippen LogP contribution in [0.3, 0.4) is 0 Å². The van der Waals surface area contributed by atoms with Gasteiger partial charge in [-0.15, -0.1) is 0 Å². The molecule has 0 saturated carbocycles. The average molecular weight is 286 g/mol. The van der Waals surface area contributed by atoms with Crippen LogP contribution in [0.1, 0.15) is 12.5 Å². The van der Waals surface area contributed by atoms with Crippen LogP contribution in [0.4, 0.5) is 4.79 Å². The highest BCUT2D eigenvalue weighted by atomic mass is 35.5. The molecule has 0 radical (unpaired) electrons. The van der Waals surface area contributed by atoms with Gasteiger partial charge in [-0.25, -0.2) is 10.2 Å². The number of nitrogens with one attached hydrogen (secondary N) is 1. The summed E-state index contributed by atoms with van der Waals surface area (Å²) in [4.78, 5) is 21.4. The molecule has 0 spiro atoms. The minimum absolute atomic E-state index is 0.122. The van der Waals surface area contributed by atoms with E-state index in [1.54, 1.807) is 0 Å². The molecule has 0 unspecified atom stereocenters. The average Bonchev–Trinajstić information content (AvgIpc) is 2.31. The zero-order valence-corrected chi connectivity index (χ0v) is 11.0. The van der Waals surface area contributed by atoms with Crippen LogP contribution in [-0.2, 0) is 4.79 Å². The van der Waals surface area contributed by atoms with Gasteiger partial charge in [-0.3, -0.25) is 4.79 Å². The van der Waals surface area contributed by atoms with Crippen molar-refractivity contribution < 1.29 is 19.1 Å². The first kappa shape index (κ1) is 14.8. The highest BCUT2D eigenvalue weighted by Gasteiger charge is 2.13. The normalized spacial score (nSPS) is 10.3. The van der Waals surface area contributed by atoms with E-state index in [0.29, 0.717) is 5.56 Å². The number of amides is 2. The number of carbonyl (C=O) groups excluding carboxylic acids is 2. The Hall–Kier alpha value is -2.28. The predicted octanol–water partition coefficient (Wildman–Crippen LogP) is 1.28. The van der Waals surface area contributed by atoms with Crippen molar-refractivity contribution in [3.05, 3.63) is 22.7 Å². The van der Waals surface area contributed by atoms with Crippen LogP contribution in [0, 0.1) is 0 Å². The summed E-state index contributed by atoms with van der Waals surface area (Å²) in [5.74, 6) is -0.128. The molecule has 1 rings (SSSR count). The van der Waals surface area contributed by atoms with Crippen LogP contribution in [-0.4, -0.2) is 25.3 Å². The van der Waals surface area contributed by atoms with Crippen LogP contribution in [0.15, 0.2) is 17.2 Å². The fourth-order valence-corrected chi connectivity index (χ4v) is 1.49. The molecule has 0 fully saturated rings. The van der Waals surface area contributed by atoms with E-state index in [-0.39, 0.29) is 16.5 Å². The lowest BCUT2D eigenvalue weighted by atomic mass is 10.2. The Kier molecular flexibility index (Phi) is 5.13. The third-order valence-corrected chi connectivity index (χ3v) is 2.17. The molecule has 1 aromatic rings. The lowest BCUT2D eigenvalue weighted by Gasteiger charge is -2.10. The molecule has 2 amide bonds. The van der Waals surface area contributed by atoms with Gasteiger partial charge in [0.15, 0.2) is 11.5 Å². The summed E-state index contributed by atoms with van der Waals surface area (Å²) in [6.45, 7) is 1.25. The summed E-state index contributed by atoms with van der Waals surface area (Å²) in [6.07, 6.45) is 1.32. The first-order valence-corrected chi connectivity index (χ1v) is 5.46. The first-order valence-electron chi connectivity index (χ1n) is 5.08. The summed E-state index contributed by atoms with van der Waals surface area (Å²) in [5.41, 5.74) is 7.42. The Labute approximate surface area is 114 Å². The number of benzene rings is 1. The number of rotatable bonds is 4. The molecule has 0 heterocycles. The van der Waals surface area contributed by atoms with E-state index in [4.69, 9.17) is 26.8 Å². The minimum atomic E-state index is -0.786. The van der Waals surface area contributed by atoms with Crippen LogP contribution in [0.25, 0.3) is 0 Å². The molecule has 8 heteroatoms. The van der Waals surface area contributed by atoms with Gasteiger partial charge in [0, 0.05) is 6.92 Å². The fourth-order valence-electron chi connectivity index (χ4n) is 1.23. The fraction of sp³-hybridized carbons (Fsp3) is 0.182. The largest absolute Gasteiger partial charge is 0.493 e. The number of hydrogen-bond donors (Lipinski definition) is 2. The zero-order chi connectivity index (χ0) is 14.4. The molecule has 0 aliphatic heterocycles. The van der Waals surface area contributed by atoms with Gasteiger partial charge < -0.3 is 15.2 Å².